The second kappa shape index (κ2) is 5.21. The van der Waals surface area contributed by atoms with Crippen LogP contribution in [0.5, 0.6) is 5.75 Å². The molecule has 0 radical (unpaired) electrons. The van der Waals surface area contributed by atoms with Crippen LogP contribution in [0.2, 0.25) is 0 Å². The van der Waals surface area contributed by atoms with Gasteiger partial charge in [0.25, 0.3) is 0 Å². The maximum absolute atomic E-state index is 5.91. The minimum absolute atomic E-state index is 0.679. The summed E-state index contributed by atoms with van der Waals surface area (Å²) in [4.78, 5) is 3.97. The molecule has 1 heterocycles. The van der Waals surface area contributed by atoms with Gasteiger partial charge in [0.15, 0.2) is 0 Å². The van der Waals surface area contributed by atoms with E-state index in [1.54, 1.807) is 25.6 Å². The standard InChI is InChI=1S/C13H15N3O/c1-17-11-2-3-13(12(14)8-11)16-9-10-4-6-15-7-5-10/h2-8,16H,9,14H2,1H3. The number of nitrogens with one attached hydrogen (secondary N) is 1. The van der Waals surface area contributed by atoms with Crippen molar-refractivity contribution in [2.75, 3.05) is 18.2 Å². The highest BCUT2D eigenvalue weighted by molar-refractivity contribution is 5.68. The maximum atomic E-state index is 5.91. The number of nitrogens with two attached hydrogens (primary N) is 1. The summed E-state index contributed by atoms with van der Waals surface area (Å²) in [6.45, 7) is 0.721. The van der Waals surface area contributed by atoms with Crippen LogP contribution in [-0.4, -0.2) is 12.1 Å². The van der Waals surface area contributed by atoms with Gasteiger partial charge in [-0.1, -0.05) is 0 Å². The minimum Gasteiger partial charge on any atom is -0.497 e. The first-order valence-electron chi connectivity index (χ1n) is 5.36. The van der Waals surface area contributed by atoms with Crippen LogP contribution in [0.15, 0.2) is 42.7 Å². The fraction of sp³-hybridized carbons (Fsp3) is 0.154. The zero-order chi connectivity index (χ0) is 12.1. The highest BCUT2D eigenvalue weighted by atomic mass is 16.5. The van der Waals surface area contributed by atoms with Crippen LogP contribution >= 0.6 is 0 Å². The van der Waals surface area contributed by atoms with E-state index in [2.05, 4.69) is 10.3 Å². The molecule has 0 saturated carbocycles. The largest absolute Gasteiger partial charge is 0.497 e. The molecule has 0 aliphatic rings. The van der Waals surface area contributed by atoms with Crippen molar-refractivity contribution in [2.24, 2.45) is 0 Å². The Morgan fingerprint density at radius 2 is 2.00 bits per heavy atom. The SMILES string of the molecule is COc1ccc(NCc2ccncc2)c(N)c1. The van der Waals surface area contributed by atoms with Crippen molar-refractivity contribution >= 4 is 11.4 Å². The average Bonchev–Trinajstić information content (AvgIpc) is 2.38. The van der Waals surface area contributed by atoms with Crippen LogP contribution in [0.25, 0.3) is 0 Å². The van der Waals surface area contributed by atoms with Crippen molar-refractivity contribution in [3.05, 3.63) is 48.3 Å². The second-order valence-electron chi connectivity index (χ2n) is 3.66. The summed E-state index contributed by atoms with van der Waals surface area (Å²) < 4.78 is 5.10. The molecule has 4 heteroatoms. The van der Waals surface area contributed by atoms with Crippen molar-refractivity contribution in [1.29, 1.82) is 0 Å². The van der Waals surface area contributed by atoms with E-state index < -0.39 is 0 Å². The Labute approximate surface area is 100 Å². The van der Waals surface area contributed by atoms with Gasteiger partial charge in [0.2, 0.25) is 0 Å². The minimum atomic E-state index is 0.679. The summed E-state index contributed by atoms with van der Waals surface area (Å²) in [5.41, 5.74) is 8.65. The molecule has 0 spiro atoms. The van der Waals surface area contributed by atoms with Crippen LogP contribution in [0.3, 0.4) is 0 Å². The average molecular weight is 229 g/mol. The molecule has 1 aromatic heterocycles. The number of hydrogen-bond donors (Lipinski definition) is 2. The summed E-state index contributed by atoms with van der Waals surface area (Å²) >= 11 is 0. The Balaban J connectivity index is 2.04. The van der Waals surface area contributed by atoms with Gasteiger partial charge in [0.05, 0.1) is 18.5 Å². The monoisotopic (exact) mass is 229 g/mol. The van der Waals surface area contributed by atoms with Crippen molar-refractivity contribution in [2.45, 2.75) is 6.54 Å². The molecule has 4 nitrogen and oxygen atoms in total. The van der Waals surface area contributed by atoms with Crippen LogP contribution < -0.4 is 15.8 Å². The fourth-order valence-electron chi connectivity index (χ4n) is 1.53. The molecule has 1 aromatic carbocycles. The van der Waals surface area contributed by atoms with Gasteiger partial charge in [-0.15, -0.1) is 0 Å². The lowest BCUT2D eigenvalue weighted by atomic mass is 10.2. The third-order valence-electron chi connectivity index (χ3n) is 2.49. The highest BCUT2D eigenvalue weighted by Crippen LogP contribution is 2.24. The lowest BCUT2D eigenvalue weighted by Gasteiger charge is -2.10. The number of nitrogen functional groups attached to an aromatic ring is 1. The molecule has 0 aliphatic carbocycles. The van der Waals surface area contributed by atoms with E-state index in [1.807, 2.05) is 24.3 Å². The van der Waals surface area contributed by atoms with Gasteiger partial charge in [-0.2, -0.15) is 0 Å². The number of rotatable bonds is 4. The van der Waals surface area contributed by atoms with Crippen molar-refractivity contribution in [1.82, 2.24) is 4.98 Å². The maximum Gasteiger partial charge on any atom is 0.121 e. The summed E-state index contributed by atoms with van der Waals surface area (Å²) in [5.74, 6) is 0.761. The van der Waals surface area contributed by atoms with Crippen LogP contribution in [-0.2, 0) is 6.54 Å². The van der Waals surface area contributed by atoms with Crippen LogP contribution in [0, 0.1) is 0 Å². The van der Waals surface area contributed by atoms with Crippen molar-refractivity contribution in [3.63, 3.8) is 0 Å². The van der Waals surface area contributed by atoms with Crippen molar-refractivity contribution in [3.8, 4) is 5.75 Å². The van der Waals surface area contributed by atoms with E-state index in [0.717, 1.165) is 23.5 Å². The fourth-order valence-corrected chi connectivity index (χ4v) is 1.53. The number of anilines is 2. The molecule has 17 heavy (non-hydrogen) atoms. The molecule has 3 N–H and O–H groups in total. The molecule has 0 bridgehead atoms. The Hall–Kier alpha value is -2.23. The molecule has 0 atom stereocenters. The van der Waals surface area contributed by atoms with E-state index in [9.17, 15) is 0 Å². The van der Waals surface area contributed by atoms with Crippen LogP contribution in [0.4, 0.5) is 11.4 Å². The number of benzene rings is 1. The molecular weight excluding hydrogens is 214 g/mol. The lowest BCUT2D eigenvalue weighted by molar-refractivity contribution is 0.415. The number of methoxy groups -OCH3 is 1. The Morgan fingerprint density at radius 3 is 2.65 bits per heavy atom. The Kier molecular flexibility index (Phi) is 3.45. The van der Waals surface area contributed by atoms with E-state index in [0.29, 0.717) is 5.69 Å². The first-order valence-corrected chi connectivity index (χ1v) is 5.36. The zero-order valence-electron chi connectivity index (χ0n) is 9.68. The molecule has 0 unspecified atom stereocenters. The highest BCUT2D eigenvalue weighted by Gasteiger charge is 2.00. The topological polar surface area (TPSA) is 60.2 Å². The van der Waals surface area contributed by atoms with E-state index >= 15 is 0 Å². The zero-order valence-corrected chi connectivity index (χ0v) is 9.68. The van der Waals surface area contributed by atoms with Gasteiger partial charge in [-0.05, 0) is 29.8 Å². The molecule has 0 fully saturated rings. The third-order valence-corrected chi connectivity index (χ3v) is 2.49. The summed E-state index contributed by atoms with van der Waals surface area (Å²) in [6, 6.07) is 9.52. The predicted molar refractivity (Wildman–Crippen MR) is 69.0 cm³/mol. The number of pyridine rings is 1. The van der Waals surface area contributed by atoms with Gasteiger partial charge < -0.3 is 15.8 Å². The molecule has 0 aliphatic heterocycles. The van der Waals surface area contributed by atoms with Gasteiger partial charge in [0, 0.05) is 25.0 Å². The summed E-state index contributed by atoms with van der Waals surface area (Å²) in [7, 11) is 1.62. The van der Waals surface area contributed by atoms with Gasteiger partial charge in [0.1, 0.15) is 5.75 Å². The Morgan fingerprint density at radius 1 is 1.24 bits per heavy atom. The third kappa shape index (κ3) is 2.87. The quantitative estimate of drug-likeness (QED) is 0.790. The van der Waals surface area contributed by atoms with Crippen molar-refractivity contribution < 1.29 is 4.74 Å². The van der Waals surface area contributed by atoms with Gasteiger partial charge in [-0.25, -0.2) is 0 Å². The second-order valence-corrected chi connectivity index (χ2v) is 3.66. The number of ether oxygens (including phenoxy) is 1. The number of nitrogens with zero attached hydrogens (tertiary/aromatic N) is 1. The first-order chi connectivity index (χ1) is 8.29. The first kappa shape index (κ1) is 11.3. The summed E-state index contributed by atoms with van der Waals surface area (Å²) in [6.07, 6.45) is 3.54. The van der Waals surface area contributed by atoms with E-state index in [-0.39, 0.29) is 0 Å². The van der Waals surface area contributed by atoms with E-state index in [4.69, 9.17) is 10.5 Å². The lowest BCUT2D eigenvalue weighted by Crippen LogP contribution is -2.02. The molecular formula is C13H15N3O. The molecule has 2 aromatic rings. The normalized spacial score (nSPS) is 9.94. The molecule has 0 saturated heterocycles. The Bertz CT molecular complexity index is 485. The number of hydrogen-bond acceptors (Lipinski definition) is 4. The molecule has 88 valence electrons. The van der Waals surface area contributed by atoms with Gasteiger partial charge >= 0.3 is 0 Å². The predicted octanol–water partition coefficient (Wildman–Crippen LogP) is 2.28. The molecule has 2 rings (SSSR count). The van der Waals surface area contributed by atoms with Crippen LogP contribution in [0.1, 0.15) is 5.56 Å². The molecule has 0 amide bonds. The van der Waals surface area contributed by atoms with E-state index in [1.165, 1.54) is 0 Å². The smallest absolute Gasteiger partial charge is 0.121 e. The summed E-state index contributed by atoms with van der Waals surface area (Å²) in [5, 5.41) is 3.27. The van der Waals surface area contributed by atoms with Gasteiger partial charge in [-0.3, -0.25) is 4.98 Å². The number of aromatic nitrogens is 1.